The number of hydrogen-bond acceptors (Lipinski definition) is 3. The minimum atomic E-state index is -0.607. The third-order valence-corrected chi connectivity index (χ3v) is 5.07. The molecule has 0 saturated carbocycles. The van der Waals surface area contributed by atoms with Crippen molar-refractivity contribution in [3.05, 3.63) is 75.4 Å². The number of nitrogens with one attached hydrogen (secondary N) is 3. The Balaban J connectivity index is 1.98. The van der Waals surface area contributed by atoms with Crippen molar-refractivity contribution in [3.63, 3.8) is 0 Å². The molecule has 9 heteroatoms. The van der Waals surface area contributed by atoms with Crippen LogP contribution in [0.25, 0.3) is 10.8 Å². The maximum absolute atomic E-state index is 13.4. The van der Waals surface area contributed by atoms with Crippen LogP contribution in [0.5, 0.6) is 0 Å². The van der Waals surface area contributed by atoms with Crippen molar-refractivity contribution in [1.29, 1.82) is 0 Å². The van der Waals surface area contributed by atoms with Crippen LogP contribution < -0.4 is 16.2 Å². The number of nitrogens with zero attached hydrogens (tertiary/aromatic N) is 1. The summed E-state index contributed by atoms with van der Waals surface area (Å²) in [4.78, 5) is 41.2. The number of pyridine rings is 1. The van der Waals surface area contributed by atoms with Crippen LogP contribution in [0.1, 0.15) is 18.5 Å². The Hall–Kier alpha value is -3.39. The topological polar surface area (TPSA) is 94.3 Å². The van der Waals surface area contributed by atoms with Gasteiger partial charge in [-0.15, -0.1) is 0 Å². The first-order valence-corrected chi connectivity index (χ1v) is 9.53. The lowest BCUT2D eigenvalue weighted by Gasteiger charge is -2.29. The molecule has 0 aliphatic heterocycles. The zero-order valence-corrected chi connectivity index (χ0v) is 17.1. The summed E-state index contributed by atoms with van der Waals surface area (Å²) >= 11 is 5.78. The van der Waals surface area contributed by atoms with Crippen LogP contribution in [0.15, 0.2) is 53.5 Å². The number of halogens is 2. The first-order valence-electron chi connectivity index (χ1n) is 9.15. The fourth-order valence-corrected chi connectivity index (χ4v) is 3.31. The Bertz CT molecular complexity index is 1160. The number of aromatic amines is 1. The minimum Gasteiger partial charge on any atom is -0.358 e. The number of anilines is 1. The van der Waals surface area contributed by atoms with Gasteiger partial charge in [-0.2, -0.15) is 0 Å². The maximum atomic E-state index is 13.4. The largest absolute Gasteiger partial charge is 0.358 e. The maximum Gasteiger partial charge on any atom is 0.322 e. The lowest BCUT2D eigenvalue weighted by atomic mass is 10.0. The lowest BCUT2D eigenvalue weighted by Crippen LogP contribution is -2.43. The van der Waals surface area contributed by atoms with Crippen LogP contribution in [-0.2, 0) is 4.79 Å². The molecule has 2 aromatic carbocycles. The van der Waals surface area contributed by atoms with Crippen LogP contribution in [0, 0.1) is 5.82 Å². The van der Waals surface area contributed by atoms with E-state index in [-0.39, 0.29) is 28.7 Å². The molecule has 156 valence electrons. The van der Waals surface area contributed by atoms with Gasteiger partial charge in [-0.3, -0.25) is 9.59 Å². The molecular weight excluding hydrogens is 411 g/mol. The highest BCUT2D eigenvalue weighted by Crippen LogP contribution is 2.27. The molecule has 1 aromatic heterocycles. The van der Waals surface area contributed by atoms with E-state index in [2.05, 4.69) is 15.6 Å². The highest BCUT2D eigenvalue weighted by molar-refractivity contribution is 6.31. The van der Waals surface area contributed by atoms with Gasteiger partial charge in [0, 0.05) is 24.3 Å². The molecule has 3 rings (SSSR count). The molecular formula is C21H20ClFN4O3. The fraction of sp³-hybridized carbons (Fsp3) is 0.190. The highest BCUT2D eigenvalue weighted by atomic mass is 35.5. The number of H-pyrrole nitrogens is 1. The molecule has 3 N–H and O–H groups in total. The van der Waals surface area contributed by atoms with E-state index in [1.165, 1.54) is 30.3 Å². The molecule has 0 radical (unpaired) electrons. The Morgan fingerprint density at radius 3 is 2.57 bits per heavy atom. The first-order chi connectivity index (χ1) is 14.3. The number of carbonyl (C=O) groups is 2. The molecule has 0 fully saturated rings. The summed E-state index contributed by atoms with van der Waals surface area (Å²) in [5.41, 5.74) is 0.707. The average molecular weight is 431 g/mol. The minimum absolute atomic E-state index is 0.134. The standard InChI is InChI=1S/C21H20ClFN4O3/c1-12(16-10-25-20(29)15-6-4-3-5-14(15)16)27(11-19(28)24-2)21(30)26-13-7-8-18(23)17(22)9-13/h3-10,12H,11H2,1-2H3,(H,24,28)(H,25,29)(H,26,30)/t12-/m0/s1. The summed E-state index contributed by atoms with van der Waals surface area (Å²) in [6.07, 6.45) is 1.54. The zero-order chi connectivity index (χ0) is 21.8. The predicted octanol–water partition coefficient (Wildman–Crippen LogP) is 3.66. The summed E-state index contributed by atoms with van der Waals surface area (Å²) in [7, 11) is 1.47. The summed E-state index contributed by atoms with van der Waals surface area (Å²) < 4.78 is 13.4. The van der Waals surface area contributed by atoms with Gasteiger partial charge in [0.15, 0.2) is 0 Å². The SMILES string of the molecule is CNC(=O)CN(C(=O)Nc1ccc(F)c(Cl)c1)[C@@H](C)c1c[nH]c(=O)c2ccccc12. The van der Waals surface area contributed by atoms with Crippen LogP contribution in [0.2, 0.25) is 5.02 Å². The van der Waals surface area contributed by atoms with Crippen molar-refractivity contribution >= 4 is 40.0 Å². The first kappa shape index (κ1) is 21.3. The van der Waals surface area contributed by atoms with Gasteiger partial charge < -0.3 is 20.5 Å². The van der Waals surface area contributed by atoms with E-state index in [0.29, 0.717) is 16.3 Å². The molecule has 1 atom stereocenters. The summed E-state index contributed by atoms with van der Waals surface area (Å²) in [6, 6.07) is 9.66. The van der Waals surface area contributed by atoms with Crippen molar-refractivity contribution in [2.45, 2.75) is 13.0 Å². The summed E-state index contributed by atoms with van der Waals surface area (Å²) in [5.74, 6) is -0.979. The second kappa shape index (κ2) is 8.96. The van der Waals surface area contributed by atoms with Gasteiger partial charge in [0.05, 0.1) is 11.1 Å². The number of benzene rings is 2. The Kier molecular flexibility index (Phi) is 6.37. The van der Waals surface area contributed by atoms with Crippen molar-refractivity contribution in [2.24, 2.45) is 0 Å². The van der Waals surface area contributed by atoms with Crippen molar-refractivity contribution in [3.8, 4) is 0 Å². The molecule has 0 saturated heterocycles. The number of aromatic nitrogens is 1. The number of carbonyl (C=O) groups excluding carboxylic acids is 2. The van der Waals surface area contributed by atoms with E-state index in [1.807, 2.05) is 0 Å². The smallest absolute Gasteiger partial charge is 0.322 e. The molecule has 30 heavy (non-hydrogen) atoms. The predicted molar refractivity (Wildman–Crippen MR) is 114 cm³/mol. The number of fused-ring (bicyclic) bond motifs is 1. The van der Waals surface area contributed by atoms with Gasteiger partial charge in [0.1, 0.15) is 12.4 Å². The van der Waals surface area contributed by atoms with E-state index in [0.717, 1.165) is 6.07 Å². The van der Waals surface area contributed by atoms with E-state index < -0.39 is 17.9 Å². The molecule has 7 nitrogen and oxygen atoms in total. The Morgan fingerprint density at radius 2 is 1.90 bits per heavy atom. The molecule has 0 spiro atoms. The number of likely N-dealkylation sites (N-methyl/N-ethyl adjacent to an activating group) is 1. The molecule has 0 aliphatic rings. The number of urea groups is 1. The third-order valence-electron chi connectivity index (χ3n) is 4.78. The van der Waals surface area contributed by atoms with Gasteiger partial charge in [0.25, 0.3) is 5.56 Å². The van der Waals surface area contributed by atoms with E-state index in [1.54, 1.807) is 31.2 Å². The molecule has 0 unspecified atom stereocenters. The summed E-state index contributed by atoms with van der Waals surface area (Å²) in [6.45, 7) is 1.52. The van der Waals surface area contributed by atoms with E-state index in [9.17, 15) is 18.8 Å². The van der Waals surface area contributed by atoms with Gasteiger partial charge in [0.2, 0.25) is 5.91 Å². The molecule has 0 aliphatic carbocycles. The van der Waals surface area contributed by atoms with E-state index in [4.69, 9.17) is 11.6 Å². The average Bonchev–Trinajstić information content (AvgIpc) is 2.74. The van der Waals surface area contributed by atoms with Crippen LogP contribution in [-0.4, -0.2) is 35.4 Å². The third kappa shape index (κ3) is 4.44. The molecule has 0 bridgehead atoms. The van der Waals surface area contributed by atoms with Gasteiger partial charge in [-0.05, 0) is 42.1 Å². The molecule has 1 heterocycles. The monoisotopic (exact) mass is 430 g/mol. The zero-order valence-electron chi connectivity index (χ0n) is 16.3. The second-order valence-electron chi connectivity index (χ2n) is 6.65. The van der Waals surface area contributed by atoms with Crippen molar-refractivity contribution < 1.29 is 14.0 Å². The number of hydrogen-bond donors (Lipinski definition) is 3. The second-order valence-corrected chi connectivity index (χ2v) is 7.06. The molecule has 3 amide bonds. The highest BCUT2D eigenvalue weighted by Gasteiger charge is 2.26. The fourth-order valence-electron chi connectivity index (χ4n) is 3.13. The molecule has 3 aromatic rings. The van der Waals surface area contributed by atoms with Crippen molar-refractivity contribution in [2.75, 3.05) is 18.9 Å². The van der Waals surface area contributed by atoms with Gasteiger partial charge in [-0.1, -0.05) is 29.8 Å². The lowest BCUT2D eigenvalue weighted by molar-refractivity contribution is -0.121. The van der Waals surface area contributed by atoms with Crippen molar-refractivity contribution in [1.82, 2.24) is 15.2 Å². The van der Waals surface area contributed by atoms with Crippen LogP contribution >= 0.6 is 11.6 Å². The quantitative estimate of drug-likeness (QED) is 0.576. The number of amides is 3. The van der Waals surface area contributed by atoms with Gasteiger partial charge in [-0.25, -0.2) is 9.18 Å². The Morgan fingerprint density at radius 1 is 1.20 bits per heavy atom. The van der Waals surface area contributed by atoms with Gasteiger partial charge >= 0.3 is 6.03 Å². The summed E-state index contributed by atoms with van der Waals surface area (Å²) in [5, 5.41) is 6.15. The van der Waals surface area contributed by atoms with Crippen LogP contribution in [0.3, 0.4) is 0 Å². The number of rotatable bonds is 5. The normalized spacial score (nSPS) is 11.7. The Labute approximate surface area is 176 Å². The van der Waals surface area contributed by atoms with E-state index >= 15 is 0 Å². The van der Waals surface area contributed by atoms with Crippen LogP contribution in [0.4, 0.5) is 14.9 Å².